The summed E-state index contributed by atoms with van der Waals surface area (Å²) >= 11 is 1.56. The first-order chi connectivity index (χ1) is 13.2. The Bertz CT molecular complexity index is 948. The Balaban J connectivity index is 1.33. The lowest BCUT2D eigenvalue weighted by Crippen LogP contribution is -2.20. The molecule has 27 heavy (non-hydrogen) atoms. The Morgan fingerprint density at radius 2 is 2.07 bits per heavy atom. The Kier molecular flexibility index (Phi) is 5.16. The second-order valence-electron chi connectivity index (χ2n) is 6.56. The van der Waals surface area contributed by atoms with E-state index in [4.69, 9.17) is 0 Å². The first-order valence-electron chi connectivity index (χ1n) is 9.04. The molecule has 0 aliphatic carbocycles. The molecule has 1 amide bonds. The number of fused-ring (bicyclic) bond motifs is 1. The van der Waals surface area contributed by atoms with Crippen molar-refractivity contribution in [3.05, 3.63) is 70.9 Å². The van der Waals surface area contributed by atoms with E-state index in [1.165, 1.54) is 31.1 Å². The minimum atomic E-state index is -0.245. The van der Waals surface area contributed by atoms with Gasteiger partial charge in [-0.25, -0.2) is 9.37 Å². The molecule has 6 heteroatoms. The fourth-order valence-corrected chi connectivity index (χ4v) is 4.08. The first-order valence-corrected chi connectivity index (χ1v) is 9.86. The number of hydrogen-bond donors (Lipinski definition) is 1. The van der Waals surface area contributed by atoms with E-state index in [1.54, 1.807) is 29.5 Å². The number of thiophene rings is 1. The molecular weight excluding hydrogens is 361 g/mol. The van der Waals surface area contributed by atoms with Crippen LogP contribution in [0.4, 0.5) is 4.39 Å². The van der Waals surface area contributed by atoms with E-state index < -0.39 is 0 Å². The molecular formula is C21H20FN3OS. The van der Waals surface area contributed by atoms with Crippen LogP contribution in [0.15, 0.2) is 48.7 Å². The van der Waals surface area contributed by atoms with Gasteiger partial charge in [-0.15, -0.1) is 11.3 Å². The number of aryl methyl sites for hydroxylation is 2. The smallest absolute Gasteiger partial charge is 0.244 e. The fourth-order valence-electron chi connectivity index (χ4n) is 3.16. The lowest BCUT2D eigenvalue weighted by molar-refractivity contribution is -0.116. The fraction of sp³-hybridized carbons (Fsp3) is 0.238. The molecule has 0 fully saturated rings. The zero-order valence-corrected chi connectivity index (χ0v) is 15.6. The highest BCUT2D eigenvalue weighted by Crippen LogP contribution is 2.28. The van der Waals surface area contributed by atoms with E-state index >= 15 is 0 Å². The topological polar surface area (TPSA) is 46.9 Å². The molecule has 1 N–H and O–H groups in total. The van der Waals surface area contributed by atoms with Crippen LogP contribution in [0, 0.1) is 5.82 Å². The number of rotatable bonds is 5. The van der Waals surface area contributed by atoms with Crippen molar-refractivity contribution in [1.82, 2.24) is 14.9 Å². The normalized spacial score (nSPS) is 13.7. The Hall–Kier alpha value is -2.73. The summed E-state index contributed by atoms with van der Waals surface area (Å²) in [5.41, 5.74) is 1.87. The van der Waals surface area contributed by atoms with E-state index in [0.29, 0.717) is 6.54 Å². The van der Waals surface area contributed by atoms with Crippen molar-refractivity contribution in [2.24, 2.45) is 0 Å². The van der Waals surface area contributed by atoms with Gasteiger partial charge in [-0.2, -0.15) is 0 Å². The number of halogens is 1. The third-order valence-electron chi connectivity index (χ3n) is 4.56. The third-order valence-corrected chi connectivity index (χ3v) is 5.66. The van der Waals surface area contributed by atoms with Crippen molar-refractivity contribution in [1.29, 1.82) is 0 Å². The average Bonchev–Trinajstić information content (AvgIpc) is 3.32. The molecule has 138 valence electrons. The minimum Gasteiger partial charge on any atom is -0.347 e. The van der Waals surface area contributed by atoms with Crippen LogP contribution in [0.1, 0.15) is 29.2 Å². The van der Waals surface area contributed by atoms with Gasteiger partial charge in [0.15, 0.2) is 0 Å². The van der Waals surface area contributed by atoms with Gasteiger partial charge in [-0.1, -0.05) is 12.1 Å². The summed E-state index contributed by atoms with van der Waals surface area (Å²) in [6, 6.07) is 10.3. The molecule has 0 saturated carbocycles. The maximum Gasteiger partial charge on any atom is 0.244 e. The molecule has 0 atom stereocenters. The minimum absolute atomic E-state index is 0.141. The summed E-state index contributed by atoms with van der Waals surface area (Å²) in [5, 5.41) is 2.88. The summed E-state index contributed by atoms with van der Waals surface area (Å²) in [6.07, 6.45) is 8.77. The molecule has 1 aliphatic heterocycles. The van der Waals surface area contributed by atoms with Gasteiger partial charge in [-0.3, -0.25) is 4.79 Å². The molecule has 0 bridgehead atoms. The van der Waals surface area contributed by atoms with Crippen LogP contribution in [0.3, 0.4) is 0 Å². The molecule has 0 radical (unpaired) electrons. The largest absolute Gasteiger partial charge is 0.347 e. The van der Waals surface area contributed by atoms with Crippen LogP contribution in [0.2, 0.25) is 0 Å². The number of amides is 1. The highest BCUT2D eigenvalue weighted by atomic mass is 32.1. The first kappa shape index (κ1) is 17.7. The highest BCUT2D eigenvalue weighted by Gasteiger charge is 2.12. The van der Waals surface area contributed by atoms with Gasteiger partial charge in [-0.05, 0) is 48.7 Å². The molecule has 4 nitrogen and oxygen atoms in total. The summed E-state index contributed by atoms with van der Waals surface area (Å²) in [6.45, 7) is 1.46. The number of aromatic nitrogens is 2. The van der Waals surface area contributed by atoms with Gasteiger partial charge in [0.05, 0.1) is 12.2 Å². The number of nitrogens with zero attached hydrogens (tertiary/aromatic N) is 2. The van der Waals surface area contributed by atoms with Crippen molar-refractivity contribution in [2.75, 3.05) is 0 Å². The number of nitrogens with one attached hydrogen (secondary N) is 1. The van der Waals surface area contributed by atoms with Crippen LogP contribution in [-0.4, -0.2) is 15.5 Å². The quantitative estimate of drug-likeness (QED) is 0.665. The van der Waals surface area contributed by atoms with E-state index in [1.807, 2.05) is 18.3 Å². The molecule has 3 heterocycles. The summed E-state index contributed by atoms with van der Waals surface area (Å²) in [7, 11) is 0. The van der Waals surface area contributed by atoms with E-state index in [0.717, 1.165) is 39.8 Å². The number of carbonyl (C=O) groups is 1. The predicted octanol–water partition coefficient (Wildman–Crippen LogP) is 4.42. The lowest BCUT2D eigenvalue weighted by atomic mass is 10.2. The van der Waals surface area contributed by atoms with Crippen LogP contribution < -0.4 is 5.32 Å². The molecule has 4 rings (SSSR count). The predicted molar refractivity (Wildman–Crippen MR) is 106 cm³/mol. The molecule has 0 spiro atoms. The standard InChI is InChI=1S/C21H20FN3OS/c22-16-6-4-15(5-7-16)19-10-8-18(27-19)9-11-21(26)23-13-17-14-25-12-2-1-3-20(25)24-17/h4-11,14H,1-3,12-13H2,(H,23,26)/b11-9+. The summed E-state index contributed by atoms with van der Waals surface area (Å²) in [5.74, 6) is 0.733. The van der Waals surface area contributed by atoms with Crippen molar-refractivity contribution >= 4 is 23.3 Å². The number of carbonyl (C=O) groups excluding carboxylic acids is 1. The van der Waals surface area contributed by atoms with Crippen molar-refractivity contribution < 1.29 is 9.18 Å². The molecule has 2 aromatic heterocycles. The molecule has 0 unspecified atom stereocenters. The summed E-state index contributed by atoms with van der Waals surface area (Å²) in [4.78, 5) is 18.7. The Labute approximate surface area is 161 Å². The molecule has 1 aliphatic rings. The van der Waals surface area contributed by atoms with E-state index in [2.05, 4.69) is 14.9 Å². The second kappa shape index (κ2) is 7.88. The van der Waals surface area contributed by atoms with Crippen molar-refractivity contribution in [2.45, 2.75) is 32.4 Å². The third kappa shape index (κ3) is 4.34. The van der Waals surface area contributed by atoms with Gasteiger partial charge < -0.3 is 9.88 Å². The van der Waals surface area contributed by atoms with Crippen LogP contribution in [0.5, 0.6) is 0 Å². The van der Waals surface area contributed by atoms with Gasteiger partial charge in [0.2, 0.25) is 5.91 Å². The zero-order valence-electron chi connectivity index (χ0n) is 14.8. The molecule has 1 aromatic carbocycles. The Morgan fingerprint density at radius 1 is 1.22 bits per heavy atom. The number of hydrogen-bond acceptors (Lipinski definition) is 3. The average molecular weight is 381 g/mol. The maximum absolute atomic E-state index is 13.0. The van der Waals surface area contributed by atoms with Gasteiger partial charge >= 0.3 is 0 Å². The van der Waals surface area contributed by atoms with Gasteiger partial charge in [0.25, 0.3) is 0 Å². The van der Waals surface area contributed by atoms with Crippen molar-refractivity contribution in [3.63, 3.8) is 0 Å². The van der Waals surface area contributed by atoms with Gasteiger partial charge in [0.1, 0.15) is 11.6 Å². The highest BCUT2D eigenvalue weighted by molar-refractivity contribution is 7.16. The lowest BCUT2D eigenvalue weighted by Gasteiger charge is -2.11. The molecule has 3 aromatic rings. The van der Waals surface area contributed by atoms with Crippen LogP contribution >= 0.6 is 11.3 Å². The molecule has 0 saturated heterocycles. The van der Waals surface area contributed by atoms with Crippen LogP contribution in [-0.2, 0) is 24.3 Å². The monoisotopic (exact) mass is 381 g/mol. The van der Waals surface area contributed by atoms with Crippen LogP contribution in [0.25, 0.3) is 16.5 Å². The number of imidazole rings is 1. The number of benzene rings is 1. The SMILES string of the molecule is O=C(/C=C/c1ccc(-c2ccc(F)cc2)s1)NCc1cn2c(n1)CCCC2. The Morgan fingerprint density at radius 3 is 2.89 bits per heavy atom. The zero-order chi connectivity index (χ0) is 18.6. The maximum atomic E-state index is 13.0. The summed E-state index contributed by atoms with van der Waals surface area (Å²) < 4.78 is 15.2. The van der Waals surface area contributed by atoms with E-state index in [9.17, 15) is 9.18 Å². The van der Waals surface area contributed by atoms with E-state index in [-0.39, 0.29) is 11.7 Å². The second-order valence-corrected chi connectivity index (χ2v) is 7.67. The van der Waals surface area contributed by atoms with Gasteiger partial charge in [0, 0.05) is 35.0 Å². The van der Waals surface area contributed by atoms with Crippen molar-refractivity contribution in [3.8, 4) is 10.4 Å².